The molecule has 2 aromatic rings. The molecular weight excluding hydrogens is 302 g/mol. The number of carbonyl (C=O) groups is 1. The number of hydrogen-bond donors (Lipinski definition) is 2. The molecule has 0 aliphatic heterocycles. The standard InChI is InChI=1S/C20H23NO3/c1-24-18-7-2-4-14(10-18)12-21-13-17-6-3-5-15-8-9-16(20(22)23)11-19(15)17/h2,4,7-11,17,21H,3,5-6,12-13H2,1H3,(H,22,23). The fourth-order valence-corrected chi connectivity index (χ4v) is 3.42. The minimum Gasteiger partial charge on any atom is -0.497 e. The molecule has 4 nitrogen and oxygen atoms in total. The number of aryl methyl sites for hydroxylation is 1. The van der Waals surface area contributed by atoms with E-state index < -0.39 is 5.97 Å². The molecule has 1 unspecified atom stereocenters. The van der Waals surface area contributed by atoms with Crippen LogP contribution in [0, 0.1) is 0 Å². The van der Waals surface area contributed by atoms with Gasteiger partial charge in [-0.15, -0.1) is 0 Å². The third-order valence-electron chi connectivity index (χ3n) is 4.69. The highest BCUT2D eigenvalue weighted by molar-refractivity contribution is 5.88. The van der Waals surface area contributed by atoms with Crippen molar-refractivity contribution in [2.75, 3.05) is 13.7 Å². The molecule has 24 heavy (non-hydrogen) atoms. The van der Waals surface area contributed by atoms with Crippen molar-refractivity contribution in [2.24, 2.45) is 0 Å². The Morgan fingerprint density at radius 3 is 2.96 bits per heavy atom. The highest BCUT2D eigenvalue weighted by atomic mass is 16.5. The first kappa shape index (κ1) is 16.5. The summed E-state index contributed by atoms with van der Waals surface area (Å²) in [6.45, 7) is 1.63. The van der Waals surface area contributed by atoms with Gasteiger partial charge in [-0.25, -0.2) is 4.79 Å². The predicted molar refractivity (Wildman–Crippen MR) is 93.8 cm³/mol. The predicted octanol–water partition coefficient (Wildman–Crippen LogP) is 3.60. The molecule has 2 aromatic carbocycles. The van der Waals surface area contributed by atoms with Gasteiger partial charge in [0.1, 0.15) is 5.75 Å². The quantitative estimate of drug-likeness (QED) is 0.852. The van der Waals surface area contributed by atoms with Gasteiger partial charge >= 0.3 is 5.97 Å². The molecule has 3 rings (SSSR count). The number of carboxylic acids is 1. The Bertz CT molecular complexity index is 727. The van der Waals surface area contributed by atoms with Crippen LogP contribution in [0.25, 0.3) is 0 Å². The van der Waals surface area contributed by atoms with Crippen LogP contribution in [0.2, 0.25) is 0 Å². The molecular formula is C20H23NO3. The topological polar surface area (TPSA) is 58.6 Å². The summed E-state index contributed by atoms with van der Waals surface area (Å²) in [4.78, 5) is 11.2. The second-order valence-electron chi connectivity index (χ2n) is 6.29. The van der Waals surface area contributed by atoms with Gasteiger partial charge in [0.05, 0.1) is 12.7 Å². The molecule has 0 aromatic heterocycles. The highest BCUT2D eigenvalue weighted by Crippen LogP contribution is 2.32. The molecule has 0 heterocycles. The van der Waals surface area contributed by atoms with Crippen LogP contribution in [-0.2, 0) is 13.0 Å². The van der Waals surface area contributed by atoms with Gasteiger partial charge in [0.2, 0.25) is 0 Å². The summed E-state index contributed by atoms with van der Waals surface area (Å²) in [5.41, 5.74) is 4.05. The van der Waals surface area contributed by atoms with Crippen molar-refractivity contribution in [2.45, 2.75) is 31.7 Å². The molecule has 0 spiro atoms. The molecule has 1 aliphatic rings. The lowest BCUT2D eigenvalue weighted by molar-refractivity contribution is 0.0696. The fourth-order valence-electron chi connectivity index (χ4n) is 3.42. The minimum absolute atomic E-state index is 0.374. The molecule has 4 heteroatoms. The Morgan fingerprint density at radius 1 is 1.29 bits per heavy atom. The monoisotopic (exact) mass is 325 g/mol. The molecule has 2 N–H and O–H groups in total. The second kappa shape index (κ2) is 7.49. The minimum atomic E-state index is -0.855. The van der Waals surface area contributed by atoms with Gasteiger partial charge in [-0.3, -0.25) is 0 Å². The van der Waals surface area contributed by atoms with E-state index in [2.05, 4.69) is 11.4 Å². The zero-order valence-corrected chi connectivity index (χ0v) is 13.9. The van der Waals surface area contributed by atoms with E-state index in [-0.39, 0.29) is 0 Å². The summed E-state index contributed by atoms with van der Waals surface area (Å²) >= 11 is 0. The first-order chi connectivity index (χ1) is 11.7. The summed E-state index contributed by atoms with van der Waals surface area (Å²) in [7, 11) is 1.67. The zero-order valence-electron chi connectivity index (χ0n) is 13.9. The number of fused-ring (bicyclic) bond motifs is 1. The smallest absolute Gasteiger partial charge is 0.335 e. The normalized spacial score (nSPS) is 16.5. The SMILES string of the molecule is COc1cccc(CNCC2CCCc3ccc(C(=O)O)cc32)c1. The molecule has 1 aliphatic carbocycles. The Kier molecular flexibility index (Phi) is 5.16. The summed E-state index contributed by atoms with van der Waals surface area (Å²) < 4.78 is 5.25. The summed E-state index contributed by atoms with van der Waals surface area (Å²) in [6, 6.07) is 13.6. The van der Waals surface area contributed by atoms with E-state index in [1.807, 2.05) is 30.3 Å². The van der Waals surface area contributed by atoms with Crippen molar-refractivity contribution in [3.63, 3.8) is 0 Å². The van der Waals surface area contributed by atoms with E-state index in [1.165, 1.54) is 16.7 Å². The summed E-state index contributed by atoms with van der Waals surface area (Å²) in [5.74, 6) is 0.383. The Morgan fingerprint density at radius 2 is 2.17 bits per heavy atom. The maximum absolute atomic E-state index is 11.2. The van der Waals surface area contributed by atoms with E-state index in [9.17, 15) is 9.90 Å². The van der Waals surface area contributed by atoms with Gasteiger partial charge in [-0.2, -0.15) is 0 Å². The molecule has 0 saturated carbocycles. The fraction of sp³-hybridized carbons (Fsp3) is 0.350. The first-order valence-corrected chi connectivity index (χ1v) is 8.37. The number of ether oxygens (including phenoxy) is 1. The lowest BCUT2D eigenvalue weighted by Gasteiger charge is -2.26. The second-order valence-corrected chi connectivity index (χ2v) is 6.29. The maximum atomic E-state index is 11.2. The number of methoxy groups -OCH3 is 1. The van der Waals surface area contributed by atoms with E-state index in [4.69, 9.17) is 4.74 Å². The van der Waals surface area contributed by atoms with Crippen LogP contribution in [0.3, 0.4) is 0 Å². The van der Waals surface area contributed by atoms with E-state index in [1.54, 1.807) is 13.2 Å². The van der Waals surface area contributed by atoms with Crippen molar-refractivity contribution < 1.29 is 14.6 Å². The zero-order chi connectivity index (χ0) is 16.9. The van der Waals surface area contributed by atoms with Crippen molar-refractivity contribution in [3.8, 4) is 5.75 Å². The van der Waals surface area contributed by atoms with Crippen molar-refractivity contribution in [1.82, 2.24) is 5.32 Å². The van der Waals surface area contributed by atoms with E-state index in [0.29, 0.717) is 11.5 Å². The average molecular weight is 325 g/mol. The molecule has 0 fully saturated rings. The molecule has 1 atom stereocenters. The third kappa shape index (κ3) is 3.77. The molecule has 0 amide bonds. The highest BCUT2D eigenvalue weighted by Gasteiger charge is 2.21. The Hall–Kier alpha value is -2.33. The number of benzene rings is 2. The van der Waals surface area contributed by atoms with Crippen molar-refractivity contribution >= 4 is 5.97 Å². The number of aromatic carboxylic acids is 1. The lowest BCUT2D eigenvalue weighted by atomic mass is 9.82. The van der Waals surface area contributed by atoms with Crippen LogP contribution in [0.15, 0.2) is 42.5 Å². The lowest BCUT2D eigenvalue weighted by Crippen LogP contribution is -2.24. The largest absolute Gasteiger partial charge is 0.497 e. The van der Waals surface area contributed by atoms with E-state index in [0.717, 1.165) is 38.1 Å². The molecule has 0 saturated heterocycles. The van der Waals surface area contributed by atoms with Gasteiger partial charge in [0.25, 0.3) is 0 Å². The van der Waals surface area contributed by atoms with E-state index >= 15 is 0 Å². The number of hydrogen-bond acceptors (Lipinski definition) is 3. The van der Waals surface area contributed by atoms with Crippen molar-refractivity contribution in [3.05, 3.63) is 64.7 Å². The van der Waals surface area contributed by atoms with Gasteiger partial charge in [-0.1, -0.05) is 18.2 Å². The summed E-state index contributed by atoms with van der Waals surface area (Å²) in [5, 5.41) is 12.7. The number of carboxylic acid groups (broad SMARTS) is 1. The maximum Gasteiger partial charge on any atom is 0.335 e. The van der Waals surface area contributed by atoms with Gasteiger partial charge < -0.3 is 15.2 Å². The van der Waals surface area contributed by atoms with Crippen LogP contribution in [0.5, 0.6) is 5.75 Å². The molecule has 0 bridgehead atoms. The summed E-state index contributed by atoms with van der Waals surface area (Å²) in [6.07, 6.45) is 3.30. The molecule has 126 valence electrons. The number of rotatable bonds is 6. The third-order valence-corrected chi connectivity index (χ3v) is 4.69. The van der Waals surface area contributed by atoms with Gasteiger partial charge in [-0.05, 0) is 66.1 Å². The van der Waals surface area contributed by atoms with Gasteiger partial charge in [0.15, 0.2) is 0 Å². The average Bonchev–Trinajstić information content (AvgIpc) is 2.61. The molecule has 0 radical (unpaired) electrons. The number of nitrogens with one attached hydrogen (secondary N) is 1. The van der Waals surface area contributed by atoms with Crippen molar-refractivity contribution in [1.29, 1.82) is 0 Å². The van der Waals surface area contributed by atoms with Crippen LogP contribution in [0.1, 0.15) is 45.8 Å². The first-order valence-electron chi connectivity index (χ1n) is 8.37. The van der Waals surface area contributed by atoms with Crippen LogP contribution < -0.4 is 10.1 Å². The Labute approximate surface area is 142 Å². The van der Waals surface area contributed by atoms with Crippen LogP contribution in [-0.4, -0.2) is 24.7 Å². The van der Waals surface area contributed by atoms with Crippen LogP contribution >= 0.6 is 0 Å². The van der Waals surface area contributed by atoms with Crippen LogP contribution in [0.4, 0.5) is 0 Å². The van der Waals surface area contributed by atoms with Gasteiger partial charge in [0, 0.05) is 13.1 Å². The Balaban J connectivity index is 1.66.